The van der Waals surface area contributed by atoms with Gasteiger partial charge in [0, 0.05) is 6.20 Å². The van der Waals surface area contributed by atoms with Crippen LogP contribution in [0.15, 0.2) is 47.4 Å². The van der Waals surface area contributed by atoms with E-state index in [1.807, 2.05) is 0 Å². The summed E-state index contributed by atoms with van der Waals surface area (Å²) in [7, 11) is -4.16. The first-order valence-corrected chi connectivity index (χ1v) is 11.6. The van der Waals surface area contributed by atoms with Crippen LogP contribution in [-0.4, -0.2) is 51.0 Å². The van der Waals surface area contributed by atoms with Crippen molar-refractivity contribution in [3.8, 4) is 5.75 Å². The molecule has 33 heavy (non-hydrogen) atoms. The van der Waals surface area contributed by atoms with Crippen LogP contribution in [0, 0.1) is 0 Å². The van der Waals surface area contributed by atoms with Gasteiger partial charge in [0.1, 0.15) is 29.6 Å². The van der Waals surface area contributed by atoms with E-state index in [4.69, 9.17) is 19.5 Å². The number of alkyl halides is 1. The molecule has 1 aromatic heterocycles. The molecule has 1 saturated heterocycles. The molecule has 1 aliphatic rings. The van der Waals surface area contributed by atoms with E-state index in [9.17, 15) is 19.3 Å². The van der Waals surface area contributed by atoms with Gasteiger partial charge in [0.25, 0.3) is 0 Å². The molecule has 1 fully saturated rings. The van der Waals surface area contributed by atoms with Gasteiger partial charge in [-0.05, 0) is 39.0 Å². The molecule has 13 heteroatoms. The Labute approximate surface area is 189 Å². The Balaban J connectivity index is 1.80. The second-order valence-corrected chi connectivity index (χ2v) is 9.52. The molecular weight excluding hydrogens is 458 g/mol. The molecule has 1 aromatic carbocycles. The van der Waals surface area contributed by atoms with Gasteiger partial charge >= 0.3 is 13.4 Å². The third kappa shape index (κ3) is 5.66. The van der Waals surface area contributed by atoms with E-state index in [2.05, 4.69) is 10.1 Å². The maximum absolute atomic E-state index is 15.4. The summed E-state index contributed by atoms with van der Waals surface area (Å²) in [6.07, 6.45) is -3.41. The number of nitrogens with zero attached hydrogens (tertiary/aromatic N) is 2. The van der Waals surface area contributed by atoms with E-state index in [1.165, 1.54) is 38.2 Å². The molecule has 6 atom stereocenters. The molecule has 1 aliphatic heterocycles. The van der Waals surface area contributed by atoms with Crippen LogP contribution in [0.2, 0.25) is 0 Å². The largest absolute Gasteiger partial charge is 0.459 e. The van der Waals surface area contributed by atoms with E-state index in [1.54, 1.807) is 18.2 Å². The van der Waals surface area contributed by atoms with Gasteiger partial charge in [-0.2, -0.15) is 4.98 Å². The predicted molar refractivity (Wildman–Crippen MR) is 116 cm³/mol. The number of aliphatic hydroxyl groups excluding tert-OH is 1. The van der Waals surface area contributed by atoms with E-state index in [0.717, 1.165) is 11.5 Å². The fourth-order valence-corrected chi connectivity index (χ4v) is 4.74. The van der Waals surface area contributed by atoms with Crippen molar-refractivity contribution in [3.05, 3.63) is 53.1 Å². The lowest BCUT2D eigenvalue weighted by Gasteiger charge is -2.25. The number of nitrogen functional groups attached to an aromatic ring is 1. The van der Waals surface area contributed by atoms with Crippen LogP contribution in [0.1, 0.15) is 27.0 Å². The number of para-hydroxylation sites is 1. The van der Waals surface area contributed by atoms with Gasteiger partial charge in [0.2, 0.25) is 0 Å². The number of aromatic nitrogens is 2. The number of hydrogen-bond donors (Lipinski definition) is 3. The van der Waals surface area contributed by atoms with Crippen molar-refractivity contribution in [1.29, 1.82) is 0 Å². The maximum atomic E-state index is 15.4. The van der Waals surface area contributed by atoms with Crippen LogP contribution in [0.25, 0.3) is 0 Å². The van der Waals surface area contributed by atoms with Crippen LogP contribution in [-0.2, 0) is 18.6 Å². The average molecular weight is 484 g/mol. The molecule has 0 bridgehead atoms. The Kier molecular flexibility index (Phi) is 7.35. The van der Waals surface area contributed by atoms with E-state index in [0.29, 0.717) is 0 Å². The van der Waals surface area contributed by atoms with Crippen molar-refractivity contribution in [3.63, 3.8) is 0 Å². The highest BCUT2D eigenvalue weighted by Gasteiger charge is 2.55. The fraction of sp³-hybridized carbons (Fsp3) is 0.450. The first-order valence-electron chi connectivity index (χ1n) is 10.1. The summed E-state index contributed by atoms with van der Waals surface area (Å²) in [5, 5.41) is 13.0. The molecule has 0 amide bonds. The molecule has 180 valence electrons. The zero-order valence-corrected chi connectivity index (χ0v) is 19.1. The minimum atomic E-state index is -4.16. The van der Waals surface area contributed by atoms with Gasteiger partial charge in [-0.1, -0.05) is 18.2 Å². The quantitative estimate of drug-likeness (QED) is 0.447. The van der Waals surface area contributed by atoms with Crippen molar-refractivity contribution in [2.45, 2.75) is 50.9 Å². The lowest BCUT2D eigenvalue weighted by atomic mass is 9.98. The van der Waals surface area contributed by atoms with Crippen LogP contribution >= 0.6 is 7.75 Å². The molecule has 3 rings (SSSR count). The van der Waals surface area contributed by atoms with Gasteiger partial charge in [-0.25, -0.2) is 18.8 Å². The molecule has 1 unspecified atom stereocenters. The van der Waals surface area contributed by atoms with E-state index >= 15 is 4.39 Å². The van der Waals surface area contributed by atoms with Gasteiger partial charge in [-0.3, -0.25) is 13.9 Å². The SMILES string of the molecule is CC(=O)[C@H](C)NP(=O)(OC[C@H]1O[C@@H](n2ccc(N)nc2=O)[C@](C)(F)[C@@H]1O)Oc1ccccc1. The minimum Gasteiger partial charge on any atom is -0.413 e. The molecule has 0 saturated carbocycles. The van der Waals surface area contributed by atoms with Crippen molar-refractivity contribution in [1.82, 2.24) is 14.6 Å². The maximum Gasteiger partial charge on any atom is 0.459 e. The first-order chi connectivity index (χ1) is 15.4. The van der Waals surface area contributed by atoms with Crippen molar-refractivity contribution in [2.75, 3.05) is 12.3 Å². The molecule has 2 aromatic rings. The Morgan fingerprint density at radius 3 is 2.70 bits per heavy atom. The normalized spacial score (nSPS) is 27.6. The summed E-state index contributed by atoms with van der Waals surface area (Å²) < 4.78 is 46.0. The molecule has 4 N–H and O–H groups in total. The number of anilines is 1. The summed E-state index contributed by atoms with van der Waals surface area (Å²) in [6, 6.07) is 8.49. The lowest BCUT2D eigenvalue weighted by Crippen LogP contribution is -2.43. The summed E-state index contributed by atoms with van der Waals surface area (Å²) in [5.74, 6) is -0.177. The number of ether oxygens (including phenoxy) is 1. The van der Waals surface area contributed by atoms with E-state index in [-0.39, 0.29) is 17.4 Å². The number of nitrogens with two attached hydrogens (primary N) is 1. The number of rotatable bonds is 9. The highest BCUT2D eigenvalue weighted by Crippen LogP contribution is 2.47. The van der Waals surface area contributed by atoms with Crippen LogP contribution in [0.4, 0.5) is 10.2 Å². The average Bonchev–Trinajstić information content (AvgIpc) is 2.96. The van der Waals surface area contributed by atoms with Crippen LogP contribution in [0.5, 0.6) is 5.75 Å². The van der Waals surface area contributed by atoms with Crippen molar-refractivity contribution < 1.29 is 32.6 Å². The van der Waals surface area contributed by atoms with Crippen molar-refractivity contribution in [2.24, 2.45) is 0 Å². The minimum absolute atomic E-state index is 0.0556. The summed E-state index contributed by atoms with van der Waals surface area (Å²) >= 11 is 0. The third-order valence-corrected chi connectivity index (χ3v) is 6.80. The number of hydrogen-bond acceptors (Lipinski definition) is 9. The van der Waals surface area contributed by atoms with E-state index < -0.39 is 50.2 Å². The zero-order chi connectivity index (χ0) is 24.4. The number of nitrogens with one attached hydrogen (secondary N) is 1. The highest BCUT2D eigenvalue weighted by molar-refractivity contribution is 7.52. The predicted octanol–water partition coefficient (Wildman–Crippen LogP) is 1.58. The monoisotopic (exact) mass is 484 g/mol. The second-order valence-electron chi connectivity index (χ2n) is 7.82. The lowest BCUT2D eigenvalue weighted by molar-refractivity contribution is -0.118. The van der Waals surface area contributed by atoms with Crippen LogP contribution in [0.3, 0.4) is 0 Å². The molecule has 11 nitrogen and oxygen atoms in total. The molecular formula is C20H26FN4O7P. The first kappa shape index (κ1) is 25.0. The second kappa shape index (κ2) is 9.70. The number of ketones is 1. The standard InChI is InChI=1S/C20H26FN4O7P/c1-12(13(2)26)24-33(29,32-14-7-5-4-6-8-14)30-11-15-17(27)20(3,21)18(31-15)25-10-9-16(22)23-19(25)28/h4-10,12,15,17-18,27H,11H2,1-3H3,(H,24,29)(H2,22,23,28)/t12-,15+,17+,18+,20+,33?/m0/s1. The topological polar surface area (TPSA) is 155 Å². The smallest absolute Gasteiger partial charge is 0.413 e. The fourth-order valence-electron chi connectivity index (χ4n) is 3.16. The van der Waals surface area contributed by atoms with Gasteiger partial charge in [-0.15, -0.1) is 0 Å². The van der Waals surface area contributed by atoms with Gasteiger partial charge in [0.05, 0.1) is 12.6 Å². The summed E-state index contributed by atoms with van der Waals surface area (Å²) in [5.41, 5.74) is 2.18. The van der Waals surface area contributed by atoms with Crippen molar-refractivity contribution >= 4 is 19.3 Å². The Morgan fingerprint density at radius 2 is 2.09 bits per heavy atom. The number of aliphatic hydroxyl groups is 1. The molecule has 0 aliphatic carbocycles. The number of benzene rings is 1. The number of halogens is 1. The molecule has 0 spiro atoms. The summed E-state index contributed by atoms with van der Waals surface area (Å²) in [6.45, 7) is 3.26. The Bertz CT molecular complexity index is 1100. The Morgan fingerprint density at radius 1 is 1.42 bits per heavy atom. The Hall–Kier alpha value is -2.63. The van der Waals surface area contributed by atoms with Crippen LogP contribution < -0.4 is 21.0 Å². The molecule has 0 radical (unpaired) electrons. The highest BCUT2D eigenvalue weighted by atomic mass is 31.2. The molecule has 2 heterocycles. The summed E-state index contributed by atoms with van der Waals surface area (Å²) in [4.78, 5) is 27.3. The van der Waals surface area contributed by atoms with Gasteiger partial charge < -0.3 is 20.1 Å². The third-order valence-electron chi connectivity index (χ3n) is 5.16. The number of carbonyl (C=O) groups is 1. The zero-order valence-electron chi connectivity index (χ0n) is 18.3. The van der Waals surface area contributed by atoms with Gasteiger partial charge in [0.15, 0.2) is 11.9 Å². The number of carbonyl (C=O) groups excluding carboxylic acids is 1. The number of Topliss-reactive ketones (excluding diaryl/α,β-unsaturated/α-hetero) is 1.